The molecule has 16 heavy (non-hydrogen) atoms. The second-order valence-corrected chi connectivity index (χ2v) is 5.94. The zero-order chi connectivity index (χ0) is 11.4. The minimum Gasteiger partial charge on any atom is -0.271 e. The lowest BCUT2D eigenvalue weighted by Crippen LogP contribution is -2.27. The lowest BCUT2D eigenvalue weighted by Gasteiger charge is -2.13. The van der Waals surface area contributed by atoms with Crippen LogP contribution in [0.5, 0.6) is 0 Å². The Kier molecular flexibility index (Phi) is 4.12. The van der Waals surface area contributed by atoms with Crippen molar-refractivity contribution in [2.75, 3.05) is 0 Å². The second-order valence-electron chi connectivity index (χ2n) is 3.84. The molecule has 2 rings (SSSR count). The first-order valence-corrected chi connectivity index (χ1v) is 7.09. The molecule has 0 amide bonds. The van der Waals surface area contributed by atoms with E-state index in [1.165, 1.54) is 15.3 Å². The summed E-state index contributed by atoms with van der Waals surface area (Å²) in [5.74, 6) is 5.61. The van der Waals surface area contributed by atoms with Crippen LogP contribution < -0.4 is 11.3 Å². The normalized spacial score (nSPS) is 12.9. The molecule has 86 valence electrons. The highest BCUT2D eigenvalue weighted by atomic mass is 32.1. The summed E-state index contributed by atoms with van der Waals surface area (Å²) in [7, 11) is 0. The van der Waals surface area contributed by atoms with Crippen molar-refractivity contribution < 1.29 is 0 Å². The average molecular weight is 252 g/mol. The molecule has 2 aromatic rings. The van der Waals surface area contributed by atoms with Gasteiger partial charge < -0.3 is 0 Å². The van der Waals surface area contributed by atoms with Gasteiger partial charge in [0.05, 0.1) is 6.04 Å². The van der Waals surface area contributed by atoms with Gasteiger partial charge in [0.25, 0.3) is 0 Å². The number of hydrazine groups is 1. The summed E-state index contributed by atoms with van der Waals surface area (Å²) in [6, 6.07) is 6.77. The Balaban J connectivity index is 1.96. The SMILES string of the molecule is Cc1ccc(C(CCc2ccsc2)NN)s1. The lowest BCUT2D eigenvalue weighted by molar-refractivity contribution is 0.524. The van der Waals surface area contributed by atoms with Crippen LogP contribution >= 0.6 is 22.7 Å². The van der Waals surface area contributed by atoms with Crippen LogP contribution in [0.15, 0.2) is 29.0 Å². The zero-order valence-electron chi connectivity index (χ0n) is 9.27. The molecule has 2 heterocycles. The molecule has 0 aliphatic rings. The number of hydrogen-bond donors (Lipinski definition) is 2. The van der Waals surface area contributed by atoms with E-state index in [0.717, 1.165) is 12.8 Å². The Morgan fingerprint density at radius 2 is 2.25 bits per heavy atom. The second kappa shape index (κ2) is 5.59. The van der Waals surface area contributed by atoms with Gasteiger partial charge in [-0.1, -0.05) is 0 Å². The van der Waals surface area contributed by atoms with Gasteiger partial charge in [-0.2, -0.15) is 11.3 Å². The van der Waals surface area contributed by atoms with E-state index in [0.29, 0.717) is 0 Å². The van der Waals surface area contributed by atoms with Crippen LogP contribution in [-0.4, -0.2) is 0 Å². The maximum absolute atomic E-state index is 5.61. The van der Waals surface area contributed by atoms with Gasteiger partial charge in [0.1, 0.15) is 0 Å². The van der Waals surface area contributed by atoms with E-state index in [1.54, 1.807) is 11.3 Å². The summed E-state index contributed by atoms with van der Waals surface area (Å²) < 4.78 is 0. The third kappa shape index (κ3) is 2.92. The predicted molar refractivity (Wildman–Crippen MR) is 71.8 cm³/mol. The highest BCUT2D eigenvalue weighted by Gasteiger charge is 2.11. The fraction of sp³-hybridized carbons (Fsp3) is 0.333. The van der Waals surface area contributed by atoms with E-state index in [2.05, 4.69) is 41.3 Å². The van der Waals surface area contributed by atoms with Crippen molar-refractivity contribution >= 4 is 22.7 Å². The first-order chi connectivity index (χ1) is 7.79. The quantitative estimate of drug-likeness (QED) is 0.633. The van der Waals surface area contributed by atoms with Crippen LogP contribution in [0.3, 0.4) is 0 Å². The number of hydrogen-bond acceptors (Lipinski definition) is 4. The van der Waals surface area contributed by atoms with Crippen molar-refractivity contribution in [1.82, 2.24) is 5.43 Å². The summed E-state index contributed by atoms with van der Waals surface area (Å²) in [6.45, 7) is 2.13. The zero-order valence-corrected chi connectivity index (χ0v) is 10.9. The number of nitrogens with one attached hydrogen (secondary N) is 1. The number of thiophene rings is 2. The molecule has 0 spiro atoms. The minimum atomic E-state index is 0.276. The fourth-order valence-corrected chi connectivity index (χ4v) is 3.37. The van der Waals surface area contributed by atoms with Crippen LogP contribution in [0.2, 0.25) is 0 Å². The third-order valence-electron chi connectivity index (χ3n) is 2.61. The van der Waals surface area contributed by atoms with Crippen LogP contribution in [0.4, 0.5) is 0 Å². The Morgan fingerprint density at radius 1 is 1.38 bits per heavy atom. The van der Waals surface area contributed by atoms with Gasteiger partial charge in [0.15, 0.2) is 0 Å². The molecule has 2 aromatic heterocycles. The molecule has 0 aromatic carbocycles. The largest absolute Gasteiger partial charge is 0.271 e. The summed E-state index contributed by atoms with van der Waals surface area (Å²) in [5, 5.41) is 4.32. The summed E-state index contributed by atoms with van der Waals surface area (Å²) in [4.78, 5) is 2.67. The summed E-state index contributed by atoms with van der Waals surface area (Å²) in [6.07, 6.45) is 2.13. The minimum absolute atomic E-state index is 0.276. The third-order valence-corrected chi connectivity index (χ3v) is 4.45. The Labute approximate surface area is 104 Å². The van der Waals surface area contributed by atoms with Crippen molar-refractivity contribution in [2.24, 2.45) is 5.84 Å². The maximum atomic E-state index is 5.61. The molecule has 2 nitrogen and oxygen atoms in total. The number of aryl methyl sites for hydroxylation is 2. The first-order valence-electron chi connectivity index (χ1n) is 5.33. The van der Waals surface area contributed by atoms with Crippen molar-refractivity contribution in [3.8, 4) is 0 Å². The molecule has 0 bridgehead atoms. The molecule has 0 aliphatic carbocycles. The molecule has 0 radical (unpaired) electrons. The van der Waals surface area contributed by atoms with Gasteiger partial charge in [-0.3, -0.25) is 11.3 Å². The van der Waals surface area contributed by atoms with Crippen LogP contribution in [0.25, 0.3) is 0 Å². The van der Waals surface area contributed by atoms with Gasteiger partial charge in [-0.25, -0.2) is 0 Å². The van der Waals surface area contributed by atoms with E-state index in [4.69, 9.17) is 5.84 Å². The predicted octanol–water partition coefficient (Wildman–Crippen LogP) is 3.26. The van der Waals surface area contributed by atoms with Crippen molar-refractivity contribution in [2.45, 2.75) is 25.8 Å². The van der Waals surface area contributed by atoms with E-state index < -0.39 is 0 Å². The van der Waals surface area contributed by atoms with E-state index >= 15 is 0 Å². The smallest absolute Gasteiger partial charge is 0.0556 e. The van der Waals surface area contributed by atoms with E-state index in [9.17, 15) is 0 Å². The molecule has 3 N–H and O–H groups in total. The van der Waals surface area contributed by atoms with Crippen LogP contribution in [0.1, 0.15) is 27.8 Å². The maximum Gasteiger partial charge on any atom is 0.0556 e. The van der Waals surface area contributed by atoms with Crippen LogP contribution in [-0.2, 0) is 6.42 Å². The average Bonchev–Trinajstić information content (AvgIpc) is 2.91. The molecule has 0 fully saturated rings. The number of rotatable bonds is 5. The topological polar surface area (TPSA) is 38.0 Å². The van der Waals surface area contributed by atoms with E-state index in [-0.39, 0.29) is 6.04 Å². The van der Waals surface area contributed by atoms with Gasteiger partial charge in [0, 0.05) is 9.75 Å². The Morgan fingerprint density at radius 3 is 2.81 bits per heavy atom. The van der Waals surface area contributed by atoms with Gasteiger partial charge in [0.2, 0.25) is 0 Å². The molecule has 4 heteroatoms. The van der Waals surface area contributed by atoms with Crippen molar-refractivity contribution in [3.05, 3.63) is 44.3 Å². The standard InChI is InChI=1S/C12H16N2S2/c1-9-2-5-12(16-9)11(14-13)4-3-10-6-7-15-8-10/h2,5-8,11,14H,3-4,13H2,1H3. The van der Waals surface area contributed by atoms with Crippen molar-refractivity contribution in [1.29, 1.82) is 0 Å². The molecule has 1 atom stereocenters. The molecule has 1 unspecified atom stereocenters. The highest BCUT2D eigenvalue weighted by Crippen LogP contribution is 2.26. The van der Waals surface area contributed by atoms with E-state index in [1.807, 2.05) is 11.3 Å². The molecule has 0 aliphatic heterocycles. The Hall–Kier alpha value is -0.680. The highest BCUT2D eigenvalue weighted by molar-refractivity contribution is 7.12. The number of nitrogens with two attached hydrogens (primary N) is 1. The van der Waals surface area contributed by atoms with Gasteiger partial charge in [-0.15, -0.1) is 11.3 Å². The van der Waals surface area contributed by atoms with Crippen molar-refractivity contribution in [3.63, 3.8) is 0 Å². The summed E-state index contributed by atoms with van der Waals surface area (Å²) >= 11 is 3.57. The fourth-order valence-electron chi connectivity index (χ4n) is 1.69. The molecule has 0 saturated carbocycles. The van der Waals surface area contributed by atoms with Gasteiger partial charge >= 0.3 is 0 Å². The summed E-state index contributed by atoms with van der Waals surface area (Å²) in [5.41, 5.74) is 4.31. The van der Waals surface area contributed by atoms with Crippen LogP contribution in [0, 0.1) is 6.92 Å². The van der Waals surface area contributed by atoms with Gasteiger partial charge in [-0.05, 0) is 54.3 Å². The first kappa shape index (κ1) is 11.8. The molecular weight excluding hydrogens is 236 g/mol. The Bertz CT molecular complexity index is 420. The molecule has 0 saturated heterocycles. The lowest BCUT2D eigenvalue weighted by atomic mass is 10.1. The monoisotopic (exact) mass is 252 g/mol. The molecular formula is C12H16N2S2.